The fourth-order valence-electron chi connectivity index (χ4n) is 2.55. The first-order valence-electron chi connectivity index (χ1n) is 9.33. The average molecular weight is 344 g/mol. The Morgan fingerprint density at radius 2 is 1.96 bits per heavy atom. The van der Waals surface area contributed by atoms with Crippen LogP contribution in [-0.4, -0.2) is 18.2 Å². The summed E-state index contributed by atoms with van der Waals surface area (Å²) >= 11 is 0. The van der Waals surface area contributed by atoms with Crippen molar-refractivity contribution in [2.24, 2.45) is 0 Å². The van der Waals surface area contributed by atoms with Crippen molar-refractivity contribution in [1.82, 2.24) is 0 Å². The van der Waals surface area contributed by atoms with Crippen molar-refractivity contribution in [3.63, 3.8) is 0 Å². The highest BCUT2D eigenvalue weighted by Gasteiger charge is 2.05. The summed E-state index contributed by atoms with van der Waals surface area (Å²) in [4.78, 5) is 11.0. The van der Waals surface area contributed by atoms with Gasteiger partial charge in [0.05, 0.1) is 13.2 Å². The molecule has 0 heterocycles. The number of aliphatic hydroxyl groups excluding tert-OH is 1. The molecule has 1 rings (SSSR count). The van der Waals surface area contributed by atoms with Crippen LogP contribution in [0, 0.1) is 0 Å². The molecule has 0 aliphatic rings. The van der Waals surface area contributed by atoms with E-state index in [1.807, 2.05) is 30.3 Å². The Labute approximate surface area is 152 Å². The van der Waals surface area contributed by atoms with Crippen LogP contribution < -0.4 is 0 Å². The molecule has 0 aliphatic heterocycles. The van der Waals surface area contributed by atoms with E-state index < -0.39 is 6.10 Å². The maximum atomic E-state index is 11.0. The van der Waals surface area contributed by atoms with E-state index in [4.69, 9.17) is 0 Å². The van der Waals surface area contributed by atoms with Crippen LogP contribution in [0.25, 0.3) is 6.08 Å². The average Bonchev–Trinajstić information content (AvgIpc) is 2.64. The van der Waals surface area contributed by atoms with Crippen molar-refractivity contribution in [2.45, 2.75) is 64.4 Å². The van der Waals surface area contributed by atoms with Crippen molar-refractivity contribution in [3.05, 3.63) is 53.6 Å². The standard InChI is InChI=1S/C22H32O3/c1-3-4-5-6-7-10-16-21(23)20-15-12-14-19(18-20)13-9-8-11-17-22(24)25-2/h7,9-10,12-15,18,21,23H,3-6,8,11,16-17H2,1-2H3/b10-7-,13-9-. The van der Waals surface area contributed by atoms with Crippen molar-refractivity contribution in [3.8, 4) is 0 Å². The largest absolute Gasteiger partial charge is 0.469 e. The summed E-state index contributed by atoms with van der Waals surface area (Å²) in [6.07, 6.45) is 15.4. The molecular formula is C22H32O3. The van der Waals surface area contributed by atoms with E-state index in [2.05, 4.69) is 29.9 Å². The van der Waals surface area contributed by atoms with E-state index in [0.717, 1.165) is 30.4 Å². The van der Waals surface area contributed by atoms with E-state index in [1.54, 1.807) is 0 Å². The molecule has 0 fully saturated rings. The number of hydrogen-bond donors (Lipinski definition) is 1. The molecule has 0 aromatic heterocycles. The summed E-state index contributed by atoms with van der Waals surface area (Å²) in [5.74, 6) is -0.165. The van der Waals surface area contributed by atoms with Gasteiger partial charge in [-0.2, -0.15) is 0 Å². The van der Waals surface area contributed by atoms with Crippen molar-refractivity contribution in [2.75, 3.05) is 7.11 Å². The molecule has 0 aliphatic carbocycles. The molecule has 0 amide bonds. The third-order valence-electron chi connectivity index (χ3n) is 4.09. The number of carbonyl (C=O) groups is 1. The second-order valence-corrected chi connectivity index (χ2v) is 6.26. The second-order valence-electron chi connectivity index (χ2n) is 6.26. The maximum absolute atomic E-state index is 11.0. The third kappa shape index (κ3) is 9.88. The molecule has 1 aromatic rings. The van der Waals surface area contributed by atoms with Crippen LogP contribution in [0.1, 0.15) is 75.5 Å². The Balaban J connectivity index is 2.41. The number of rotatable bonds is 12. The van der Waals surface area contributed by atoms with E-state index in [0.29, 0.717) is 12.8 Å². The van der Waals surface area contributed by atoms with Crippen LogP contribution in [0.3, 0.4) is 0 Å². The van der Waals surface area contributed by atoms with Crippen LogP contribution >= 0.6 is 0 Å². The SMILES string of the molecule is CCCCC/C=C\CC(O)c1cccc(/C=C\CCCC(=O)OC)c1. The van der Waals surface area contributed by atoms with Crippen molar-refractivity contribution < 1.29 is 14.6 Å². The third-order valence-corrected chi connectivity index (χ3v) is 4.09. The van der Waals surface area contributed by atoms with Gasteiger partial charge in [-0.15, -0.1) is 0 Å². The maximum Gasteiger partial charge on any atom is 0.305 e. The Bertz CT molecular complexity index is 546. The number of esters is 1. The number of ether oxygens (including phenoxy) is 1. The van der Waals surface area contributed by atoms with Gasteiger partial charge in [0.2, 0.25) is 0 Å². The summed E-state index contributed by atoms with van der Waals surface area (Å²) in [5, 5.41) is 10.3. The number of aliphatic hydroxyl groups is 1. The van der Waals surface area contributed by atoms with Gasteiger partial charge in [-0.25, -0.2) is 0 Å². The van der Waals surface area contributed by atoms with Gasteiger partial charge in [0.15, 0.2) is 0 Å². The Kier molecular flexibility index (Phi) is 11.4. The van der Waals surface area contributed by atoms with E-state index in [1.165, 1.54) is 26.4 Å². The summed E-state index contributed by atoms with van der Waals surface area (Å²) < 4.78 is 4.62. The van der Waals surface area contributed by atoms with Gasteiger partial charge in [0, 0.05) is 6.42 Å². The molecule has 0 saturated heterocycles. The molecule has 1 N–H and O–H groups in total. The first kappa shape index (κ1) is 21.2. The quantitative estimate of drug-likeness (QED) is 0.305. The normalized spacial score (nSPS) is 12.8. The van der Waals surface area contributed by atoms with Gasteiger partial charge < -0.3 is 9.84 Å². The molecule has 3 nitrogen and oxygen atoms in total. The van der Waals surface area contributed by atoms with E-state index in [-0.39, 0.29) is 5.97 Å². The van der Waals surface area contributed by atoms with Gasteiger partial charge in [0.1, 0.15) is 0 Å². The topological polar surface area (TPSA) is 46.5 Å². The molecule has 1 unspecified atom stereocenters. The monoisotopic (exact) mass is 344 g/mol. The fraction of sp³-hybridized carbons (Fsp3) is 0.500. The van der Waals surface area contributed by atoms with Gasteiger partial charge >= 0.3 is 5.97 Å². The minimum atomic E-state index is -0.463. The molecule has 0 spiro atoms. The molecular weight excluding hydrogens is 312 g/mol. The minimum Gasteiger partial charge on any atom is -0.469 e. The highest BCUT2D eigenvalue weighted by Crippen LogP contribution is 2.19. The van der Waals surface area contributed by atoms with Gasteiger partial charge in [0.25, 0.3) is 0 Å². The predicted molar refractivity (Wildman–Crippen MR) is 104 cm³/mol. The molecule has 1 aromatic carbocycles. The van der Waals surface area contributed by atoms with Crippen LogP contribution in [0.15, 0.2) is 42.5 Å². The van der Waals surface area contributed by atoms with E-state index in [9.17, 15) is 9.90 Å². The van der Waals surface area contributed by atoms with Crippen LogP contribution in [-0.2, 0) is 9.53 Å². The van der Waals surface area contributed by atoms with Crippen LogP contribution in [0.5, 0.6) is 0 Å². The number of allylic oxidation sites excluding steroid dienone is 2. The molecule has 138 valence electrons. The molecule has 25 heavy (non-hydrogen) atoms. The predicted octanol–water partition coefficient (Wildman–Crippen LogP) is 5.60. The highest BCUT2D eigenvalue weighted by atomic mass is 16.5. The Morgan fingerprint density at radius 1 is 1.16 bits per heavy atom. The summed E-state index contributed by atoms with van der Waals surface area (Å²) in [6, 6.07) is 7.97. The second kappa shape index (κ2) is 13.4. The lowest BCUT2D eigenvalue weighted by molar-refractivity contribution is -0.140. The van der Waals surface area contributed by atoms with Gasteiger partial charge in [-0.3, -0.25) is 4.79 Å². The molecule has 0 bridgehead atoms. The molecule has 0 radical (unpaired) electrons. The van der Waals surface area contributed by atoms with Crippen molar-refractivity contribution in [1.29, 1.82) is 0 Å². The number of unbranched alkanes of at least 4 members (excludes halogenated alkanes) is 4. The van der Waals surface area contributed by atoms with Gasteiger partial charge in [-0.05, 0) is 49.3 Å². The molecule has 3 heteroatoms. The zero-order valence-electron chi connectivity index (χ0n) is 15.6. The van der Waals surface area contributed by atoms with Crippen LogP contribution in [0.4, 0.5) is 0 Å². The zero-order chi connectivity index (χ0) is 18.3. The van der Waals surface area contributed by atoms with E-state index >= 15 is 0 Å². The number of hydrogen-bond acceptors (Lipinski definition) is 3. The molecule has 1 atom stereocenters. The molecule has 0 saturated carbocycles. The first-order chi connectivity index (χ1) is 12.2. The highest BCUT2D eigenvalue weighted by molar-refractivity contribution is 5.69. The van der Waals surface area contributed by atoms with Crippen molar-refractivity contribution >= 4 is 12.0 Å². The number of methoxy groups -OCH3 is 1. The summed E-state index contributed by atoms with van der Waals surface area (Å²) in [6.45, 7) is 2.20. The lowest BCUT2D eigenvalue weighted by Crippen LogP contribution is -1.98. The lowest BCUT2D eigenvalue weighted by atomic mass is 10.0. The number of benzene rings is 1. The number of carbonyl (C=O) groups excluding carboxylic acids is 1. The minimum absolute atomic E-state index is 0.165. The lowest BCUT2D eigenvalue weighted by Gasteiger charge is -2.09. The summed E-state index contributed by atoms with van der Waals surface area (Å²) in [7, 11) is 1.41. The Morgan fingerprint density at radius 3 is 2.72 bits per heavy atom. The smallest absolute Gasteiger partial charge is 0.305 e. The van der Waals surface area contributed by atoms with Crippen LogP contribution in [0.2, 0.25) is 0 Å². The Hall–Kier alpha value is -1.87. The fourth-order valence-corrected chi connectivity index (χ4v) is 2.55. The first-order valence-corrected chi connectivity index (χ1v) is 9.33. The summed E-state index contributed by atoms with van der Waals surface area (Å²) in [5.41, 5.74) is 2.01. The zero-order valence-corrected chi connectivity index (χ0v) is 15.6. The van der Waals surface area contributed by atoms with Gasteiger partial charge in [-0.1, -0.05) is 62.3 Å².